The third-order valence-electron chi connectivity index (χ3n) is 4.02. The van der Waals surface area contributed by atoms with Crippen LogP contribution in [0.1, 0.15) is 58.9 Å². The molecule has 0 bridgehead atoms. The highest BCUT2D eigenvalue weighted by molar-refractivity contribution is 7.87. The van der Waals surface area contributed by atoms with E-state index in [9.17, 15) is 13.2 Å². The number of amides is 1. The molecule has 1 atom stereocenters. The molecule has 0 aliphatic rings. The summed E-state index contributed by atoms with van der Waals surface area (Å²) in [6.07, 6.45) is 3.28. The SMILES string of the molecule is CCCCC(=O)N(Cc1cccc(OS(=O)(=O)CC)c1)C(C)CC. The van der Waals surface area contributed by atoms with Crippen molar-refractivity contribution in [3.05, 3.63) is 29.8 Å². The first-order chi connectivity index (χ1) is 11.3. The van der Waals surface area contributed by atoms with E-state index < -0.39 is 10.1 Å². The van der Waals surface area contributed by atoms with Gasteiger partial charge in [0.2, 0.25) is 5.91 Å². The van der Waals surface area contributed by atoms with E-state index in [4.69, 9.17) is 4.18 Å². The van der Waals surface area contributed by atoms with Crippen LogP contribution >= 0.6 is 0 Å². The molecule has 5 nitrogen and oxygen atoms in total. The molecule has 6 heteroatoms. The van der Waals surface area contributed by atoms with E-state index >= 15 is 0 Å². The maximum atomic E-state index is 12.5. The molecule has 1 aromatic carbocycles. The molecule has 0 N–H and O–H groups in total. The highest BCUT2D eigenvalue weighted by atomic mass is 32.2. The molecule has 1 rings (SSSR count). The second-order valence-corrected chi connectivity index (χ2v) is 7.82. The number of benzene rings is 1. The third-order valence-corrected chi connectivity index (χ3v) is 5.17. The molecule has 0 aliphatic carbocycles. The van der Waals surface area contributed by atoms with E-state index in [0.29, 0.717) is 18.7 Å². The van der Waals surface area contributed by atoms with Gasteiger partial charge in [-0.2, -0.15) is 8.42 Å². The van der Waals surface area contributed by atoms with E-state index in [-0.39, 0.29) is 17.7 Å². The lowest BCUT2D eigenvalue weighted by molar-refractivity contribution is -0.134. The van der Waals surface area contributed by atoms with E-state index in [1.165, 1.54) is 6.92 Å². The Hall–Kier alpha value is -1.56. The summed E-state index contributed by atoms with van der Waals surface area (Å²) in [5.74, 6) is 0.351. The monoisotopic (exact) mass is 355 g/mol. The number of unbranched alkanes of at least 4 members (excludes halogenated alkanes) is 1. The average molecular weight is 356 g/mol. The largest absolute Gasteiger partial charge is 0.382 e. The molecular weight excluding hydrogens is 326 g/mol. The third kappa shape index (κ3) is 6.51. The molecule has 0 heterocycles. The fourth-order valence-corrected chi connectivity index (χ4v) is 2.79. The van der Waals surface area contributed by atoms with Gasteiger partial charge in [0.25, 0.3) is 0 Å². The first kappa shape index (κ1) is 20.5. The van der Waals surface area contributed by atoms with Crippen LogP contribution in [-0.2, 0) is 21.5 Å². The maximum Gasteiger partial charge on any atom is 0.308 e. The van der Waals surface area contributed by atoms with Crippen LogP contribution in [0, 0.1) is 0 Å². The molecule has 0 saturated carbocycles. The fraction of sp³-hybridized carbons (Fsp3) is 0.611. The van der Waals surface area contributed by atoms with Gasteiger partial charge in [-0.25, -0.2) is 0 Å². The number of carbonyl (C=O) groups excluding carboxylic acids is 1. The predicted molar refractivity (Wildman–Crippen MR) is 96.4 cm³/mol. The molecule has 0 fully saturated rings. The predicted octanol–water partition coefficient (Wildman–Crippen LogP) is 3.73. The van der Waals surface area contributed by atoms with Crippen LogP contribution in [0.4, 0.5) is 0 Å². The topological polar surface area (TPSA) is 63.7 Å². The fourth-order valence-electron chi connectivity index (χ4n) is 2.28. The first-order valence-corrected chi connectivity index (χ1v) is 10.2. The molecule has 0 spiro atoms. The quantitative estimate of drug-likeness (QED) is 0.600. The van der Waals surface area contributed by atoms with Crippen molar-refractivity contribution in [3.63, 3.8) is 0 Å². The van der Waals surface area contributed by atoms with Crippen LogP contribution < -0.4 is 4.18 Å². The van der Waals surface area contributed by atoms with Gasteiger partial charge in [-0.15, -0.1) is 0 Å². The molecule has 136 valence electrons. The van der Waals surface area contributed by atoms with E-state index in [2.05, 4.69) is 13.8 Å². The lowest BCUT2D eigenvalue weighted by atomic mass is 10.1. The van der Waals surface area contributed by atoms with Gasteiger partial charge in [-0.3, -0.25) is 4.79 Å². The molecule has 0 radical (unpaired) electrons. The van der Waals surface area contributed by atoms with E-state index in [1.807, 2.05) is 17.9 Å². The average Bonchev–Trinajstić information content (AvgIpc) is 2.56. The molecule has 0 aliphatic heterocycles. The Balaban J connectivity index is 2.92. The minimum atomic E-state index is -3.55. The highest BCUT2D eigenvalue weighted by Gasteiger charge is 2.19. The molecular formula is C18H29NO4S. The van der Waals surface area contributed by atoms with Gasteiger partial charge in [0, 0.05) is 19.0 Å². The van der Waals surface area contributed by atoms with Crippen molar-refractivity contribution >= 4 is 16.0 Å². The molecule has 1 aromatic rings. The van der Waals surface area contributed by atoms with Crippen LogP contribution in [0.25, 0.3) is 0 Å². The summed E-state index contributed by atoms with van der Waals surface area (Å²) in [5.41, 5.74) is 0.865. The summed E-state index contributed by atoms with van der Waals surface area (Å²) in [5, 5.41) is 0. The van der Waals surface area contributed by atoms with Crippen molar-refractivity contribution in [2.75, 3.05) is 5.75 Å². The van der Waals surface area contributed by atoms with Crippen LogP contribution in [0.2, 0.25) is 0 Å². The zero-order valence-electron chi connectivity index (χ0n) is 15.1. The van der Waals surface area contributed by atoms with Gasteiger partial charge in [0.1, 0.15) is 5.75 Å². The zero-order valence-corrected chi connectivity index (χ0v) is 15.9. The Bertz CT molecular complexity index is 628. The van der Waals surface area contributed by atoms with E-state index in [0.717, 1.165) is 24.8 Å². The summed E-state index contributed by atoms with van der Waals surface area (Å²) in [6, 6.07) is 7.08. The molecule has 0 saturated heterocycles. The summed E-state index contributed by atoms with van der Waals surface area (Å²) in [6.45, 7) is 8.15. The Morgan fingerprint density at radius 2 is 1.96 bits per heavy atom. The summed E-state index contributed by atoms with van der Waals surface area (Å²) in [4.78, 5) is 14.3. The number of nitrogens with zero attached hydrogens (tertiary/aromatic N) is 1. The van der Waals surface area contributed by atoms with Crippen LogP contribution in [0.5, 0.6) is 5.75 Å². The second-order valence-electron chi connectivity index (χ2n) is 5.96. The van der Waals surface area contributed by atoms with Gasteiger partial charge >= 0.3 is 10.1 Å². The van der Waals surface area contributed by atoms with Crippen molar-refractivity contribution in [1.29, 1.82) is 0 Å². The lowest BCUT2D eigenvalue weighted by Gasteiger charge is -2.29. The van der Waals surface area contributed by atoms with Gasteiger partial charge in [-0.05, 0) is 44.4 Å². The van der Waals surface area contributed by atoms with Gasteiger partial charge in [-0.1, -0.05) is 32.4 Å². The summed E-state index contributed by atoms with van der Waals surface area (Å²) in [7, 11) is -3.55. The summed E-state index contributed by atoms with van der Waals surface area (Å²) < 4.78 is 28.2. The van der Waals surface area contributed by atoms with Crippen LogP contribution in [-0.4, -0.2) is 31.0 Å². The first-order valence-electron chi connectivity index (χ1n) is 8.63. The van der Waals surface area contributed by atoms with Crippen molar-refractivity contribution < 1.29 is 17.4 Å². The minimum absolute atomic E-state index is 0.0777. The van der Waals surface area contributed by atoms with Gasteiger partial charge in [0.05, 0.1) is 5.75 Å². The van der Waals surface area contributed by atoms with Crippen molar-refractivity contribution in [1.82, 2.24) is 4.90 Å². The zero-order chi connectivity index (χ0) is 18.2. The minimum Gasteiger partial charge on any atom is -0.382 e. The number of hydrogen-bond donors (Lipinski definition) is 0. The molecule has 24 heavy (non-hydrogen) atoms. The van der Waals surface area contributed by atoms with Crippen molar-refractivity contribution in [2.45, 2.75) is 66.0 Å². The molecule has 1 amide bonds. The van der Waals surface area contributed by atoms with Gasteiger partial charge in [0.15, 0.2) is 0 Å². The smallest absolute Gasteiger partial charge is 0.308 e. The normalized spacial score (nSPS) is 12.7. The second kappa shape index (κ2) is 9.67. The number of hydrogen-bond acceptors (Lipinski definition) is 4. The highest BCUT2D eigenvalue weighted by Crippen LogP contribution is 2.19. The van der Waals surface area contributed by atoms with Crippen LogP contribution in [0.3, 0.4) is 0 Å². The Kier molecular flexibility index (Phi) is 8.25. The number of rotatable bonds is 10. The van der Waals surface area contributed by atoms with Gasteiger partial charge < -0.3 is 9.08 Å². The van der Waals surface area contributed by atoms with Crippen LogP contribution in [0.15, 0.2) is 24.3 Å². The van der Waals surface area contributed by atoms with Crippen molar-refractivity contribution in [2.24, 2.45) is 0 Å². The molecule has 0 aromatic heterocycles. The Labute approximate surface area is 146 Å². The Morgan fingerprint density at radius 1 is 1.25 bits per heavy atom. The summed E-state index contributed by atoms with van der Waals surface area (Å²) >= 11 is 0. The number of carbonyl (C=O) groups is 1. The molecule has 1 unspecified atom stereocenters. The standard InChI is InChI=1S/C18H29NO4S/c1-5-8-12-18(20)19(15(4)6-2)14-16-10-9-11-17(13-16)23-24(21,22)7-3/h9-11,13,15H,5-8,12,14H2,1-4H3. The van der Waals surface area contributed by atoms with Crippen molar-refractivity contribution in [3.8, 4) is 5.75 Å². The maximum absolute atomic E-state index is 12.5. The van der Waals surface area contributed by atoms with E-state index in [1.54, 1.807) is 18.2 Å². The Morgan fingerprint density at radius 3 is 2.54 bits per heavy atom. The lowest BCUT2D eigenvalue weighted by Crippen LogP contribution is -2.37.